The van der Waals surface area contributed by atoms with Crippen LogP contribution in [0.4, 0.5) is 10.5 Å². The van der Waals surface area contributed by atoms with E-state index in [1.807, 2.05) is 30.3 Å². The molecule has 0 aliphatic carbocycles. The van der Waals surface area contributed by atoms with Crippen molar-refractivity contribution in [1.82, 2.24) is 10.6 Å². The van der Waals surface area contributed by atoms with Crippen molar-refractivity contribution in [1.29, 1.82) is 0 Å². The summed E-state index contributed by atoms with van der Waals surface area (Å²) in [6.45, 7) is 2.22. The van der Waals surface area contributed by atoms with Crippen LogP contribution >= 0.6 is 0 Å². The number of nitrogens with one attached hydrogen (secondary N) is 3. The maximum absolute atomic E-state index is 12.0. The van der Waals surface area contributed by atoms with Crippen molar-refractivity contribution in [2.45, 2.75) is 19.5 Å². The van der Waals surface area contributed by atoms with E-state index >= 15 is 0 Å². The van der Waals surface area contributed by atoms with Gasteiger partial charge in [0.15, 0.2) is 0 Å². The van der Waals surface area contributed by atoms with Crippen molar-refractivity contribution < 1.29 is 13.2 Å². The molecule has 1 atom stereocenters. The van der Waals surface area contributed by atoms with Gasteiger partial charge in [0.1, 0.15) is 0 Å². The summed E-state index contributed by atoms with van der Waals surface area (Å²) in [5, 5.41) is 5.59. The van der Waals surface area contributed by atoms with Gasteiger partial charge in [-0.05, 0) is 24.1 Å². The fraction of sp³-hybridized carbons (Fsp3) is 0.235. The molecule has 128 valence electrons. The Morgan fingerprint density at radius 2 is 1.67 bits per heavy atom. The molecule has 2 aromatic carbocycles. The number of hydrogen-bond donors (Lipinski definition) is 3. The van der Waals surface area contributed by atoms with Gasteiger partial charge in [0.2, 0.25) is 10.0 Å². The molecule has 0 aliphatic heterocycles. The summed E-state index contributed by atoms with van der Waals surface area (Å²) >= 11 is 0. The Kier molecular flexibility index (Phi) is 5.81. The molecule has 7 heteroatoms. The number of hydrogen-bond acceptors (Lipinski definition) is 3. The van der Waals surface area contributed by atoms with Crippen molar-refractivity contribution >= 4 is 21.7 Å². The molecule has 24 heavy (non-hydrogen) atoms. The first kappa shape index (κ1) is 17.8. The van der Waals surface area contributed by atoms with Crippen LogP contribution < -0.4 is 15.4 Å². The highest BCUT2D eigenvalue weighted by Crippen LogP contribution is 2.23. The van der Waals surface area contributed by atoms with E-state index in [-0.39, 0.29) is 12.1 Å². The second kappa shape index (κ2) is 7.83. The number of benzene rings is 2. The monoisotopic (exact) mass is 347 g/mol. The van der Waals surface area contributed by atoms with Crippen molar-refractivity contribution in [3.63, 3.8) is 0 Å². The van der Waals surface area contributed by atoms with Gasteiger partial charge < -0.3 is 10.6 Å². The Morgan fingerprint density at radius 3 is 2.33 bits per heavy atom. The van der Waals surface area contributed by atoms with E-state index in [9.17, 15) is 13.2 Å². The van der Waals surface area contributed by atoms with E-state index in [4.69, 9.17) is 0 Å². The zero-order valence-electron chi connectivity index (χ0n) is 13.6. The lowest BCUT2D eigenvalue weighted by Gasteiger charge is -2.18. The van der Waals surface area contributed by atoms with Crippen LogP contribution in [-0.4, -0.2) is 20.7 Å². The van der Waals surface area contributed by atoms with Crippen LogP contribution in [0.2, 0.25) is 0 Å². The minimum Gasteiger partial charge on any atom is -0.334 e. The van der Waals surface area contributed by atoms with Crippen LogP contribution in [-0.2, 0) is 16.6 Å². The van der Waals surface area contributed by atoms with Crippen LogP contribution in [0.25, 0.3) is 0 Å². The lowest BCUT2D eigenvalue weighted by atomic mass is 10.1. The average Bonchev–Trinajstić information content (AvgIpc) is 2.53. The van der Waals surface area contributed by atoms with Crippen molar-refractivity contribution in [2.75, 3.05) is 11.0 Å². The number of anilines is 1. The average molecular weight is 347 g/mol. The number of para-hydroxylation sites is 1. The summed E-state index contributed by atoms with van der Waals surface area (Å²) in [6.07, 6.45) is 1.09. The van der Waals surface area contributed by atoms with Gasteiger partial charge in [-0.2, -0.15) is 0 Å². The standard InChI is InChI=1S/C17H21N3O3S/c1-13(15-10-6-7-11-16(15)20-24(2,22)23)19-17(21)18-12-14-8-4-3-5-9-14/h3-11,13,20H,12H2,1-2H3,(H2,18,19,21). The number of amides is 2. The summed E-state index contributed by atoms with van der Waals surface area (Å²) in [4.78, 5) is 12.0. The summed E-state index contributed by atoms with van der Waals surface area (Å²) < 4.78 is 25.4. The van der Waals surface area contributed by atoms with E-state index in [2.05, 4.69) is 15.4 Å². The zero-order valence-corrected chi connectivity index (χ0v) is 14.4. The van der Waals surface area contributed by atoms with E-state index < -0.39 is 10.0 Å². The van der Waals surface area contributed by atoms with E-state index in [1.165, 1.54) is 0 Å². The van der Waals surface area contributed by atoms with Gasteiger partial charge in [-0.15, -0.1) is 0 Å². The third-order valence-corrected chi connectivity index (χ3v) is 3.96. The van der Waals surface area contributed by atoms with Crippen LogP contribution in [0.15, 0.2) is 54.6 Å². The van der Waals surface area contributed by atoms with Crippen LogP contribution in [0.1, 0.15) is 24.1 Å². The summed E-state index contributed by atoms with van der Waals surface area (Å²) in [5.74, 6) is 0. The summed E-state index contributed by atoms with van der Waals surface area (Å²) in [6, 6.07) is 15.9. The smallest absolute Gasteiger partial charge is 0.315 e. The third-order valence-electron chi connectivity index (χ3n) is 3.37. The van der Waals surface area contributed by atoms with Gasteiger partial charge in [-0.3, -0.25) is 4.72 Å². The minimum absolute atomic E-state index is 0.319. The number of carbonyl (C=O) groups is 1. The number of carbonyl (C=O) groups excluding carboxylic acids is 1. The largest absolute Gasteiger partial charge is 0.334 e. The summed E-state index contributed by atoms with van der Waals surface area (Å²) in [7, 11) is -3.39. The molecule has 0 radical (unpaired) electrons. The maximum atomic E-state index is 12.0. The number of sulfonamides is 1. The highest BCUT2D eigenvalue weighted by atomic mass is 32.2. The van der Waals surface area contributed by atoms with E-state index in [0.717, 1.165) is 11.8 Å². The Hall–Kier alpha value is -2.54. The van der Waals surface area contributed by atoms with Gasteiger partial charge in [0.05, 0.1) is 18.0 Å². The zero-order chi connectivity index (χ0) is 17.6. The molecule has 0 bridgehead atoms. The molecular weight excluding hydrogens is 326 g/mol. The topological polar surface area (TPSA) is 87.3 Å². The molecule has 2 aromatic rings. The van der Waals surface area contributed by atoms with Crippen molar-refractivity contribution in [3.05, 3.63) is 65.7 Å². The minimum atomic E-state index is -3.39. The predicted octanol–water partition coefficient (Wildman–Crippen LogP) is 2.62. The van der Waals surface area contributed by atoms with Crippen molar-refractivity contribution in [2.24, 2.45) is 0 Å². The Bertz CT molecular complexity index is 792. The molecule has 6 nitrogen and oxygen atoms in total. The Morgan fingerprint density at radius 1 is 1.04 bits per heavy atom. The number of rotatable bonds is 6. The van der Waals surface area contributed by atoms with Gasteiger partial charge in [-0.1, -0.05) is 48.5 Å². The highest BCUT2D eigenvalue weighted by molar-refractivity contribution is 7.92. The van der Waals surface area contributed by atoms with Crippen LogP contribution in [0.5, 0.6) is 0 Å². The first-order valence-electron chi connectivity index (χ1n) is 7.50. The molecule has 0 aliphatic rings. The summed E-state index contributed by atoms with van der Waals surface area (Å²) in [5.41, 5.74) is 2.15. The Labute approximate surface area is 142 Å². The SMILES string of the molecule is CC(NC(=O)NCc1ccccc1)c1ccccc1NS(C)(=O)=O. The van der Waals surface area contributed by atoms with E-state index in [1.54, 1.807) is 31.2 Å². The Balaban J connectivity index is 1.99. The molecule has 2 amide bonds. The second-order valence-electron chi connectivity index (χ2n) is 5.50. The fourth-order valence-corrected chi connectivity index (χ4v) is 2.86. The van der Waals surface area contributed by atoms with Crippen LogP contribution in [0.3, 0.4) is 0 Å². The quantitative estimate of drug-likeness (QED) is 0.751. The lowest BCUT2D eigenvalue weighted by molar-refractivity contribution is 0.237. The second-order valence-corrected chi connectivity index (χ2v) is 7.24. The molecular formula is C17H21N3O3S. The molecule has 0 spiro atoms. The molecule has 3 N–H and O–H groups in total. The van der Waals surface area contributed by atoms with Crippen LogP contribution in [0, 0.1) is 0 Å². The van der Waals surface area contributed by atoms with Gasteiger partial charge in [0, 0.05) is 6.54 Å². The van der Waals surface area contributed by atoms with E-state index in [0.29, 0.717) is 17.8 Å². The fourth-order valence-electron chi connectivity index (χ4n) is 2.27. The van der Waals surface area contributed by atoms with Crippen molar-refractivity contribution in [3.8, 4) is 0 Å². The molecule has 1 unspecified atom stereocenters. The van der Waals surface area contributed by atoms with Gasteiger partial charge in [-0.25, -0.2) is 13.2 Å². The highest BCUT2D eigenvalue weighted by Gasteiger charge is 2.14. The molecule has 0 saturated carbocycles. The maximum Gasteiger partial charge on any atom is 0.315 e. The third kappa shape index (κ3) is 5.58. The lowest BCUT2D eigenvalue weighted by Crippen LogP contribution is -2.36. The van der Waals surface area contributed by atoms with Gasteiger partial charge in [0.25, 0.3) is 0 Å². The molecule has 0 saturated heterocycles. The normalized spacial score (nSPS) is 12.2. The first-order valence-corrected chi connectivity index (χ1v) is 9.39. The molecule has 0 heterocycles. The predicted molar refractivity (Wildman–Crippen MR) is 95.1 cm³/mol. The molecule has 2 rings (SSSR count). The molecule has 0 fully saturated rings. The van der Waals surface area contributed by atoms with Gasteiger partial charge >= 0.3 is 6.03 Å². The first-order chi connectivity index (χ1) is 11.3. The number of urea groups is 1. The molecule has 0 aromatic heterocycles.